The highest BCUT2D eigenvalue weighted by atomic mass is 32.2. The second-order valence-electron chi connectivity index (χ2n) is 5.58. The molecule has 2 N–H and O–H groups in total. The second-order valence-corrected chi connectivity index (χ2v) is 7.49. The minimum absolute atomic E-state index is 0.0906. The molecule has 3 aromatic heterocycles. The number of carbonyl (C=O) groups excluding carboxylic acids is 2. The summed E-state index contributed by atoms with van der Waals surface area (Å²) in [5.41, 5.74) is 6.35. The molecule has 0 radical (unpaired) electrons. The molecule has 2 amide bonds. The van der Waals surface area contributed by atoms with Gasteiger partial charge < -0.3 is 0 Å². The lowest BCUT2D eigenvalue weighted by Gasteiger charge is -2.06. The first-order valence-corrected chi connectivity index (χ1v) is 10.1. The molecule has 4 rings (SSSR count). The fourth-order valence-electron chi connectivity index (χ4n) is 2.46. The van der Waals surface area contributed by atoms with Crippen LogP contribution in [0.5, 0.6) is 0 Å². The zero-order chi connectivity index (χ0) is 19.3. The number of carbonyl (C=O) groups is 2. The van der Waals surface area contributed by atoms with Gasteiger partial charge in [0.1, 0.15) is 11.4 Å². The summed E-state index contributed by atoms with van der Waals surface area (Å²) in [5.74, 6) is -0.591. The summed E-state index contributed by atoms with van der Waals surface area (Å²) in [5, 5.41) is 7.58. The summed E-state index contributed by atoms with van der Waals surface area (Å²) in [6, 6.07) is 13.1. The molecule has 0 saturated heterocycles. The highest BCUT2D eigenvalue weighted by molar-refractivity contribution is 8.00. The Kier molecular flexibility index (Phi) is 5.31. The van der Waals surface area contributed by atoms with E-state index in [4.69, 9.17) is 0 Å². The monoisotopic (exact) mass is 410 g/mol. The molecule has 0 spiro atoms. The average Bonchev–Trinajstić information content (AvgIpc) is 3.41. The number of para-hydroxylation sites is 1. The molecular weight excluding hydrogens is 396 g/mol. The number of hydrogen-bond acceptors (Lipinski definition) is 7. The molecule has 0 aliphatic heterocycles. The number of amides is 2. The van der Waals surface area contributed by atoms with Crippen molar-refractivity contribution < 1.29 is 9.59 Å². The molecule has 140 valence electrons. The number of nitrogens with one attached hydrogen (secondary N) is 2. The second kappa shape index (κ2) is 8.19. The van der Waals surface area contributed by atoms with Gasteiger partial charge in [0.25, 0.3) is 5.91 Å². The van der Waals surface area contributed by atoms with Crippen molar-refractivity contribution >= 4 is 45.9 Å². The van der Waals surface area contributed by atoms with Crippen molar-refractivity contribution in [3.05, 3.63) is 65.2 Å². The Hall–Kier alpha value is -3.24. The molecule has 0 atom stereocenters. The van der Waals surface area contributed by atoms with Gasteiger partial charge in [0.2, 0.25) is 5.91 Å². The molecule has 10 heteroatoms. The molecular formula is C18H14N6O2S2. The van der Waals surface area contributed by atoms with Crippen molar-refractivity contribution in [3.63, 3.8) is 0 Å². The Labute approximate surface area is 168 Å². The fraction of sp³-hybridized carbons (Fsp3) is 0.0556. The van der Waals surface area contributed by atoms with Crippen LogP contribution in [0.15, 0.2) is 65.4 Å². The van der Waals surface area contributed by atoms with Crippen LogP contribution in [0.3, 0.4) is 0 Å². The maximum absolute atomic E-state index is 12.0. The third kappa shape index (κ3) is 3.87. The Morgan fingerprint density at radius 2 is 1.93 bits per heavy atom. The molecule has 0 unspecified atom stereocenters. The molecule has 0 fully saturated rings. The van der Waals surface area contributed by atoms with Crippen LogP contribution in [0.4, 0.5) is 0 Å². The van der Waals surface area contributed by atoms with Gasteiger partial charge in [0, 0.05) is 0 Å². The molecule has 1 aromatic carbocycles. The minimum atomic E-state index is -0.345. The lowest BCUT2D eigenvalue weighted by atomic mass is 10.3. The predicted octanol–water partition coefficient (Wildman–Crippen LogP) is 2.43. The normalized spacial score (nSPS) is 10.7. The lowest BCUT2D eigenvalue weighted by Crippen LogP contribution is -2.42. The molecule has 28 heavy (non-hydrogen) atoms. The largest absolute Gasteiger partial charge is 0.279 e. The van der Waals surface area contributed by atoms with E-state index in [0.717, 1.165) is 11.1 Å². The number of hydrogen-bond donors (Lipinski definition) is 2. The van der Waals surface area contributed by atoms with E-state index in [0.29, 0.717) is 15.6 Å². The van der Waals surface area contributed by atoms with Crippen molar-refractivity contribution in [2.45, 2.75) is 5.03 Å². The standard InChI is InChI=1S/C18H14N6O2S2/c25-15(22-23-17(26)14-7-4-8-27-14)10-28-18-13-9-21-24(16(13)19-11-20-18)12-5-2-1-3-6-12/h1-9,11H,10H2,(H,22,25)(H,23,26). The van der Waals surface area contributed by atoms with Crippen molar-refractivity contribution in [3.8, 4) is 5.69 Å². The van der Waals surface area contributed by atoms with Crippen LogP contribution in [0.2, 0.25) is 0 Å². The van der Waals surface area contributed by atoms with E-state index in [1.54, 1.807) is 28.4 Å². The summed E-state index contributed by atoms with van der Waals surface area (Å²) in [6.07, 6.45) is 3.13. The number of nitrogens with zero attached hydrogens (tertiary/aromatic N) is 4. The highest BCUT2D eigenvalue weighted by Gasteiger charge is 2.13. The molecule has 0 aliphatic rings. The van der Waals surface area contributed by atoms with Gasteiger partial charge in [-0.3, -0.25) is 20.4 Å². The van der Waals surface area contributed by atoms with Gasteiger partial charge in [-0.1, -0.05) is 36.0 Å². The van der Waals surface area contributed by atoms with Gasteiger partial charge in [-0.25, -0.2) is 14.6 Å². The van der Waals surface area contributed by atoms with Crippen LogP contribution < -0.4 is 10.9 Å². The van der Waals surface area contributed by atoms with Crippen LogP contribution >= 0.6 is 23.1 Å². The highest BCUT2D eigenvalue weighted by Crippen LogP contribution is 2.25. The summed E-state index contributed by atoms with van der Waals surface area (Å²) in [4.78, 5) is 33.0. The summed E-state index contributed by atoms with van der Waals surface area (Å²) >= 11 is 2.55. The first-order chi connectivity index (χ1) is 13.7. The first-order valence-electron chi connectivity index (χ1n) is 8.22. The summed E-state index contributed by atoms with van der Waals surface area (Å²) in [6.45, 7) is 0. The quantitative estimate of drug-likeness (QED) is 0.298. The van der Waals surface area contributed by atoms with Gasteiger partial charge in [0.05, 0.1) is 27.9 Å². The molecule has 0 aliphatic carbocycles. The molecule has 0 saturated carbocycles. The SMILES string of the molecule is O=C(CSc1ncnc2c1cnn2-c1ccccc1)NNC(=O)c1cccs1. The number of rotatable bonds is 5. The van der Waals surface area contributed by atoms with Crippen molar-refractivity contribution in [1.29, 1.82) is 0 Å². The Morgan fingerprint density at radius 3 is 2.71 bits per heavy atom. The number of thioether (sulfide) groups is 1. The third-order valence-electron chi connectivity index (χ3n) is 3.73. The van der Waals surface area contributed by atoms with E-state index in [1.165, 1.54) is 29.4 Å². The topological polar surface area (TPSA) is 102 Å². The third-order valence-corrected chi connectivity index (χ3v) is 5.60. The van der Waals surface area contributed by atoms with Gasteiger partial charge in [-0.15, -0.1) is 11.3 Å². The van der Waals surface area contributed by atoms with Crippen LogP contribution in [0.1, 0.15) is 9.67 Å². The fourth-order valence-corrected chi connectivity index (χ4v) is 3.84. The van der Waals surface area contributed by atoms with E-state index in [9.17, 15) is 9.59 Å². The van der Waals surface area contributed by atoms with Crippen molar-refractivity contribution in [1.82, 2.24) is 30.6 Å². The Morgan fingerprint density at radius 1 is 1.07 bits per heavy atom. The van der Waals surface area contributed by atoms with Gasteiger partial charge in [0.15, 0.2) is 5.65 Å². The van der Waals surface area contributed by atoms with Gasteiger partial charge >= 0.3 is 0 Å². The Balaban J connectivity index is 1.42. The van der Waals surface area contributed by atoms with Crippen LogP contribution in [0.25, 0.3) is 16.7 Å². The van der Waals surface area contributed by atoms with Gasteiger partial charge in [-0.05, 0) is 23.6 Å². The van der Waals surface area contributed by atoms with E-state index >= 15 is 0 Å². The minimum Gasteiger partial charge on any atom is -0.272 e. The summed E-state index contributed by atoms with van der Waals surface area (Å²) in [7, 11) is 0. The average molecular weight is 410 g/mol. The molecule has 4 aromatic rings. The van der Waals surface area contributed by atoms with Crippen LogP contribution in [0, 0.1) is 0 Å². The smallest absolute Gasteiger partial charge is 0.272 e. The van der Waals surface area contributed by atoms with E-state index in [1.807, 2.05) is 30.3 Å². The molecule has 3 heterocycles. The number of fused-ring (bicyclic) bond motifs is 1. The lowest BCUT2D eigenvalue weighted by molar-refractivity contribution is -0.119. The van der Waals surface area contributed by atoms with E-state index in [2.05, 4.69) is 25.9 Å². The van der Waals surface area contributed by atoms with E-state index < -0.39 is 0 Å². The maximum atomic E-state index is 12.0. The number of aromatic nitrogens is 4. The zero-order valence-corrected chi connectivity index (χ0v) is 16.0. The number of benzene rings is 1. The maximum Gasteiger partial charge on any atom is 0.279 e. The van der Waals surface area contributed by atoms with Crippen LogP contribution in [-0.4, -0.2) is 37.3 Å². The van der Waals surface area contributed by atoms with Crippen LogP contribution in [-0.2, 0) is 4.79 Å². The predicted molar refractivity (Wildman–Crippen MR) is 107 cm³/mol. The molecule has 0 bridgehead atoms. The molecule has 8 nitrogen and oxygen atoms in total. The number of thiophene rings is 1. The first kappa shape index (κ1) is 18.1. The Bertz CT molecular complexity index is 1110. The zero-order valence-electron chi connectivity index (χ0n) is 14.4. The van der Waals surface area contributed by atoms with E-state index in [-0.39, 0.29) is 17.6 Å². The summed E-state index contributed by atoms with van der Waals surface area (Å²) < 4.78 is 1.72. The van der Waals surface area contributed by atoms with Crippen molar-refractivity contribution in [2.75, 3.05) is 5.75 Å². The number of hydrazine groups is 1. The van der Waals surface area contributed by atoms with Gasteiger partial charge in [-0.2, -0.15) is 5.10 Å². The van der Waals surface area contributed by atoms with Crippen molar-refractivity contribution in [2.24, 2.45) is 0 Å².